The van der Waals surface area contributed by atoms with Gasteiger partial charge in [0.05, 0.1) is 25.4 Å². The van der Waals surface area contributed by atoms with Crippen LogP contribution in [0, 0.1) is 5.82 Å². The molecule has 8 nitrogen and oxygen atoms in total. The van der Waals surface area contributed by atoms with Crippen LogP contribution in [-0.2, 0) is 18.8 Å². The molecule has 4 rings (SSSR count). The molecule has 38 heavy (non-hydrogen) atoms. The molecule has 2 atom stereocenters. The van der Waals surface area contributed by atoms with Crippen molar-refractivity contribution in [2.75, 3.05) is 24.6 Å². The lowest BCUT2D eigenvalue weighted by atomic mass is 10.0. The second-order valence-electron chi connectivity index (χ2n) is 11.2. The van der Waals surface area contributed by atoms with Crippen molar-refractivity contribution in [3.63, 3.8) is 0 Å². The lowest BCUT2D eigenvalue weighted by Crippen LogP contribution is -2.42. The van der Waals surface area contributed by atoms with E-state index in [-0.39, 0.29) is 29.4 Å². The number of carbonyl (C=O) groups excluding carboxylic acids is 2. The fraction of sp³-hybridized carbons (Fsp3) is 0.429. The summed E-state index contributed by atoms with van der Waals surface area (Å²) in [5.41, 5.74) is 6.07. The Balaban J connectivity index is 1.40. The smallest absolute Gasteiger partial charge is 0.414 e. The molecular formula is C28H36FN3O5Si. The van der Waals surface area contributed by atoms with Crippen LogP contribution in [-0.4, -0.2) is 52.2 Å². The van der Waals surface area contributed by atoms with Gasteiger partial charge in [0.2, 0.25) is 5.91 Å². The number of nitrogens with zero attached hydrogens (tertiary/aromatic N) is 1. The molecule has 0 radical (unpaired) electrons. The van der Waals surface area contributed by atoms with E-state index < -0.39 is 20.5 Å². The highest BCUT2D eigenvalue weighted by atomic mass is 28.4. The molecular weight excluding hydrogens is 505 g/mol. The number of amides is 2. The third-order valence-electron chi connectivity index (χ3n) is 7.31. The van der Waals surface area contributed by atoms with E-state index in [0.717, 1.165) is 0 Å². The summed E-state index contributed by atoms with van der Waals surface area (Å²) in [6.07, 6.45) is 0.780. The van der Waals surface area contributed by atoms with Gasteiger partial charge in [0.15, 0.2) is 8.32 Å². The molecule has 0 aromatic heterocycles. The lowest BCUT2D eigenvalue weighted by molar-refractivity contribution is -0.119. The highest BCUT2D eigenvalue weighted by molar-refractivity contribution is 6.74. The number of hydroxylamine groups is 1. The van der Waals surface area contributed by atoms with E-state index in [1.807, 2.05) is 12.1 Å². The molecule has 2 N–H and O–H groups in total. The number of ether oxygens (including phenoxy) is 1. The largest absolute Gasteiger partial charge is 0.442 e. The Bertz CT molecular complexity index is 1230. The van der Waals surface area contributed by atoms with E-state index in [0.29, 0.717) is 41.2 Å². The zero-order valence-electron chi connectivity index (χ0n) is 22.8. The minimum atomic E-state index is -1.90. The number of hydrogen-bond acceptors (Lipinski definition) is 6. The third-order valence-corrected chi connectivity index (χ3v) is 11.8. The van der Waals surface area contributed by atoms with E-state index in [1.54, 1.807) is 30.3 Å². The molecule has 2 aromatic carbocycles. The normalized spacial score (nSPS) is 19.7. The van der Waals surface area contributed by atoms with Crippen molar-refractivity contribution in [2.45, 2.75) is 58.0 Å². The Kier molecular flexibility index (Phi) is 7.96. The topological polar surface area (TPSA) is 89.1 Å². The third kappa shape index (κ3) is 6.25. The van der Waals surface area contributed by atoms with Crippen LogP contribution < -0.4 is 15.7 Å². The molecule has 2 aromatic rings. The predicted molar refractivity (Wildman–Crippen MR) is 147 cm³/mol. The predicted octanol–water partition coefficient (Wildman–Crippen LogP) is 5.22. The van der Waals surface area contributed by atoms with Crippen LogP contribution in [0.1, 0.15) is 33.3 Å². The van der Waals surface area contributed by atoms with Gasteiger partial charge in [-0.25, -0.2) is 9.18 Å². The van der Waals surface area contributed by atoms with Crippen LogP contribution >= 0.6 is 0 Å². The number of hydrogen-bond donors (Lipinski definition) is 2. The van der Waals surface area contributed by atoms with Crippen LogP contribution in [0.5, 0.6) is 0 Å². The summed E-state index contributed by atoms with van der Waals surface area (Å²) in [6, 6.07) is 12.1. The maximum absolute atomic E-state index is 15.2. The fourth-order valence-electron chi connectivity index (χ4n) is 3.97. The molecule has 10 heteroatoms. The number of carbonyl (C=O) groups is 2. The molecule has 2 aliphatic rings. The standard InChI is InChI=1S/C28H36FN3O5Si/c1-18(33)30-15-23-16-32(27(34)36-23)21-10-7-19(8-11-21)24-12-9-20(13-25(24)29)26-14-22(37-31-26)17-35-38(5,6)28(2,3)4/h7-14,22-23,31H,15-17H2,1-6H3,(H,30,33)/t22?,23-/m0/s1. The van der Waals surface area contributed by atoms with Gasteiger partial charge in [-0.1, -0.05) is 45.0 Å². The zero-order chi connectivity index (χ0) is 27.7. The van der Waals surface area contributed by atoms with Crippen molar-refractivity contribution < 1.29 is 28.0 Å². The number of anilines is 1. The van der Waals surface area contributed by atoms with E-state index in [1.165, 1.54) is 17.9 Å². The highest BCUT2D eigenvalue weighted by Gasteiger charge is 2.38. The maximum Gasteiger partial charge on any atom is 0.414 e. The SMILES string of the molecule is CC(=O)NC[C@H]1CN(c2ccc(-c3ccc(C4=CC(CO[Si](C)(C)C(C)(C)C)ON4)cc3F)cc2)C(=O)O1. The van der Waals surface area contributed by atoms with Crippen molar-refractivity contribution in [1.82, 2.24) is 10.8 Å². The van der Waals surface area contributed by atoms with Gasteiger partial charge >= 0.3 is 6.09 Å². The van der Waals surface area contributed by atoms with Crippen molar-refractivity contribution in [3.05, 3.63) is 59.9 Å². The maximum atomic E-state index is 15.2. The van der Waals surface area contributed by atoms with Crippen molar-refractivity contribution in [2.24, 2.45) is 0 Å². The van der Waals surface area contributed by atoms with Gasteiger partial charge < -0.3 is 14.5 Å². The van der Waals surface area contributed by atoms with Crippen molar-refractivity contribution >= 4 is 31.7 Å². The molecule has 2 heterocycles. The zero-order valence-corrected chi connectivity index (χ0v) is 23.8. The number of cyclic esters (lactones) is 1. The summed E-state index contributed by atoms with van der Waals surface area (Å²) in [4.78, 5) is 30.5. The van der Waals surface area contributed by atoms with Crippen LogP contribution in [0.4, 0.5) is 14.9 Å². The summed E-state index contributed by atoms with van der Waals surface area (Å²) in [7, 11) is -1.90. The molecule has 1 unspecified atom stereocenters. The van der Waals surface area contributed by atoms with Gasteiger partial charge in [0.1, 0.15) is 18.0 Å². The van der Waals surface area contributed by atoms with E-state index in [4.69, 9.17) is 14.0 Å². The first-order chi connectivity index (χ1) is 17.8. The number of nitrogens with one attached hydrogen (secondary N) is 2. The van der Waals surface area contributed by atoms with Gasteiger partial charge in [0.25, 0.3) is 0 Å². The van der Waals surface area contributed by atoms with Gasteiger partial charge in [-0.2, -0.15) is 0 Å². The number of rotatable bonds is 8. The average molecular weight is 542 g/mol. The molecule has 0 saturated carbocycles. The fourth-order valence-corrected chi connectivity index (χ4v) is 4.99. The summed E-state index contributed by atoms with van der Waals surface area (Å²) in [5, 5.41) is 2.76. The van der Waals surface area contributed by atoms with Crippen LogP contribution in [0.3, 0.4) is 0 Å². The first-order valence-corrected chi connectivity index (χ1v) is 15.7. The summed E-state index contributed by atoms with van der Waals surface area (Å²) < 4.78 is 26.7. The molecule has 0 aliphatic carbocycles. The second-order valence-corrected chi connectivity index (χ2v) is 16.0. The summed E-state index contributed by atoms with van der Waals surface area (Å²) in [6.45, 7) is 13.4. The van der Waals surface area contributed by atoms with Crippen molar-refractivity contribution in [3.8, 4) is 11.1 Å². The van der Waals surface area contributed by atoms with E-state index >= 15 is 4.39 Å². The Labute approximate surface area is 224 Å². The quantitative estimate of drug-likeness (QED) is 0.446. The number of halogens is 1. The molecule has 1 saturated heterocycles. The van der Waals surface area contributed by atoms with Gasteiger partial charge in [-0.15, -0.1) is 0 Å². The summed E-state index contributed by atoms with van der Waals surface area (Å²) in [5.74, 6) is -0.547. The Hall–Kier alpha value is -3.21. The molecule has 0 bridgehead atoms. The monoisotopic (exact) mass is 541 g/mol. The van der Waals surface area contributed by atoms with Gasteiger partial charge in [-0.05, 0) is 48.0 Å². The van der Waals surface area contributed by atoms with Crippen LogP contribution in [0.15, 0.2) is 48.5 Å². The van der Waals surface area contributed by atoms with Gasteiger partial charge in [0, 0.05) is 23.7 Å². The minimum Gasteiger partial charge on any atom is -0.442 e. The molecule has 2 amide bonds. The number of benzene rings is 2. The summed E-state index contributed by atoms with van der Waals surface area (Å²) >= 11 is 0. The highest BCUT2D eigenvalue weighted by Crippen LogP contribution is 2.37. The lowest BCUT2D eigenvalue weighted by Gasteiger charge is -2.36. The second kappa shape index (κ2) is 10.9. The minimum absolute atomic E-state index is 0.108. The van der Waals surface area contributed by atoms with Gasteiger partial charge in [-0.3, -0.25) is 20.0 Å². The Morgan fingerprint density at radius 2 is 1.87 bits per heavy atom. The average Bonchev–Trinajstić information content (AvgIpc) is 3.47. The Morgan fingerprint density at radius 1 is 1.18 bits per heavy atom. The first-order valence-electron chi connectivity index (χ1n) is 12.7. The molecule has 1 fully saturated rings. The van der Waals surface area contributed by atoms with Crippen LogP contribution in [0.2, 0.25) is 18.1 Å². The van der Waals surface area contributed by atoms with Crippen molar-refractivity contribution in [1.29, 1.82) is 0 Å². The molecule has 2 aliphatic heterocycles. The molecule has 204 valence electrons. The van der Waals surface area contributed by atoms with E-state index in [2.05, 4.69) is 44.7 Å². The first kappa shape index (κ1) is 27.8. The Morgan fingerprint density at radius 3 is 2.50 bits per heavy atom. The van der Waals surface area contributed by atoms with E-state index in [9.17, 15) is 9.59 Å². The van der Waals surface area contributed by atoms with Crippen LogP contribution in [0.25, 0.3) is 16.8 Å². The molecule has 0 spiro atoms.